The number of benzene rings is 8. The van der Waals surface area contributed by atoms with E-state index in [4.69, 9.17) is 86.4 Å². The van der Waals surface area contributed by atoms with Crippen LogP contribution in [0.25, 0.3) is 43.6 Å². The molecule has 4 aromatic heterocycles. The van der Waals surface area contributed by atoms with Crippen LogP contribution in [0.4, 0.5) is 24.9 Å². The summed E-state index contributed by atoms with van der Waals surface area (Å²) in [4.78, 5) is 82.4. The Kier molecular flexibility index (Phi) is 25.4. The Hall–Kier alpha value is -9.59. The number of aromatic amines is 4. The molecular weight excluding hydrogens is 1650 g/mol. The number of H-pyrrole nitrogens is 4. The number of nitro groups is 1. The predicted molar refractivity (Wildman–Crippen MR) is 441 cm³/mol. The minimum atomic E-state index is -0.431. The van der Waals surface area contributed by atoms with Gasteiger partial charge >= 0.3 is 24.4 Å². The normalized spacial score (nSPS) is 16.2. The number of nitrogens with one attached hydrogen (secondary N) is 4. The van der Waals surface area contributed by atoms with Crippen LogP contribution >= 0.6 is 89.9 Å². The van der Waals surface area contributed by atoms with E-state index < -0.39 is 17.1 Å². The van der Waals surface area contributed by atoms with Crippen LogP contribution < -0.4 is 9.47 Å². The molecule has 0 bridgehead atoms. The fraction of sp³-hybridized carbons (Fsp3) is 0.277. The molecule has 0 saturated carbocycles. The number of aromatic nitrogens is 4. The lowest BCUT2D eigenvalue weighted by atomic mass is 9.92. The standard InChI is InChI=1S/C22H23ClN2O3.C21H20Cl2N2O3.C20H17BrCl2N2O2.C20H18BrN3O4/c1-13(2)28-22(26)25-11-10-17-18-12-15(23)6-9-19(18)24-20(17)21(25)14-4-7-16(27-3)8-5-14;1-27-15-5-2-13(3-6-15)20-19-16(8-10-25(20)21(26)28-11-9-22)17-12-14(23)4-7-18(17)24-19;21-13-3-1-12(2-4-13)19-18-15(7-9-25(19)20(26)27-10-8-22)16-11-14(23)5-6-17(16)24-18;1-2-28-20(25)23-10-9-15-16-11-13(21)5-8-17(16)22-18(15)19(23)12-3-6-14(7-4-12)24(26)27/h4-9,12-13,21,24H,10-11H2,1-3H3;2-7,12,20,24H,8-11H2,1H3;1-6,11,19,24H,7-10H2;3-8,11,19,22H,2,9-10H2,1H3. The van der Waals surface area contributed by atoms with E-state index in [0.29, 0.717) is 47.7 Å². The van der Waals surface area contributed by atoms with Gasteiger partial charge in [-0.2, -0.15) is 0 Å². The highest BCUT2D eigenvalue weighted by Gasteiger charge is 2.40. The minimum absolute atomic E-state index is 0.0167. The Bertz CT molecular complexity index is 5390. The van der Waals surface area contributed by atoms with E-state index in [-0.39, 0.29) is 79.8 Å². The van der Waals surface area contributed by atoms with Crippen molar-refractivity contribution >= 4 is 164 Å². The van der Waals surface area contributed by atoms with Crippen molar-refractivity contribution in [1.82, 2.24) is 39.5 Å². The van der Waals surface area contributed by atoms with Crippen LogP contribution in [0, 0.1) is 10.1 Å². The highest BCUT2D eigenvalue weighted by atomic mass is 79.9. The topological polar surface area (TPSA) is 243 Å². The van der Waals surface area contributed by atoms with Gasteiger partial charge < -0.3 is 48.4 Å². The van der Waals surface area contributed by atoms with Crippen molar-refractivity contribution in [3.63, 3.8) is 0 Å². The largest absolute Gasteiger partial charge is 0.497 e. The summed E-state index contributed by atoms with van der Waals surface area (Å²) in [6.07, 6.45) is 1.30. The van der Waals surface area contributed by atoms with Crippen LogP contribution in [0.15, 0.2) is 179 Å². The summed E-state index contributed by atoms with van der Waals surface area (Å²) in [5.74, 6) is 2.08. The van der Waals surface area contributed by atoms with E-state index in [1.165, 1.54) is 28.8 Å². The monoisotopic (exact) mass is 1730 g/mol. The van der Waals surface area contributed by atoms with Gasteiger partial charge in [-0.3, -0.25) is 29.7 Å². The number of fused-ring (bicyclic) bond motifs is 12. The van der Waals surface area contributed by atoms with Crippen molar-refractivity contribution < 1.29 is 52.5 Å². The van der Waals surface area contributed by atoms with Crippen LogP contribution in [-0.4, -0.2) is 147 Å². The Balaban J connectivity index is 0.000000130. The molecule has 4 unspecified atom stereocenters. The second-order valence-electron chi connectivity index (χ2n) is 26.9. The number of nitro benzene ring substituents is 1. The van der Waals surface area contributed by atoms with E-state index in [1.54, 1.807) is 52.9 Å². The molecule has 0 fully saturated rings. The maximum atomic E-state index is 12.8. The summed E-state index contributed by atoms with van der Waals surface area (Å²) >= 11 is 37.0. The number of alkyl halides is 2. The molecule has 576 valence electrons. The summed E-state index contributed by atoms with van der Waals surface area (Å²) in [5.41, 5.74) is 16.5. The molecule has 4 aliphatic heterocycles. The molecule has 0 spiro atoms. The predicted octanol–water partition coefficient (Wildman–Crippen LogP) is 21.3. The fourth-order valence-corrected chi connectivity index (χ4v) is 16.4. The van der Waals surface area contributed by atoms with Crippen molar-refractivity contribution in [3.8, 4) is 11.5 Å². The molecule has 16 rings (SSSR count). The lowest BCUT2D eigenvalue weighted by Gasteiger charge is -2.35. The van der Waals surface area contributed by atoms with Crippen molar-refractivity contribution in [3.05, 3.63) is 271 Å². The third-order valence-corrected chi connectivity index (χ3v) is 22.0. The average Bonchev–Trinajstić information content (AvgIpc) is 1.64. The molecule has 12 aromatic rings. The number of hydrogen-bond donors (Lipinski definition) is 4. The van der Waals surface area contributed by atoms with Crippen LogP contribution in [0.1, 0.15) is 112 Å². The summed E-state index contributed by atoms with van der Waals surface area (Å²) in [5, 5.41) is 17.5. The molecule has 0 aliphatic carbocycles. The molecule has 0 saturated heterocycles. The van der Waals surface area contributed by atoms with Gasteiger partial charge in [-0.05, 0) is 212 Å². The number of carbonyl (C=O) groups is 4. The minimum Gasteiger partial charge on any atom is -0.497 e. The zero-order valence-corrected chi connectivity index (χ0v) is 68.0. The Morgan fingerprint density at radius 1 is 0.450 bits per heavy atom. The second-order valence-corrected chi connectivity index (χ2v) is 30.8. The molecule has 0 radical (unpaired) electrons. The average molecular weight is 1730 g/mol. The smallest absolute Gasteiger partial charge is 0.410 e. The lowest BCUT2D eigenvalue weighted by molar-refractivity contribution is -0.384. The van der Waals surface area contributed by atoms with Gasteiger partial charge in [-0.25, -0.2) is 19.2 Å². The highest BCUT2D eigenvalue weighted by molar-refractivity contribution is 9.10. The Labute approximate surface area is 682 Å². The molecule has 8 heterocycles. The number of halogens is 7. The first-order chi connectivity index (χ1) is 53.7. The number of ether oxygens (including phenoxy) is 6. The number of nitrogens with zero attached hydrogens (tertiary/aromatic N) is 5. The highest BCUT2D eigenvalue weighted by Crippen LogP contribution is 2.45. The van der Waals surface area contributed by atoms with Gasteiger partial charge in [-0.15, -0.1) is 23.2 Å². The van der Waals surface area contributed by atoms with Crippen molar-refractivity contribution in [2.45, 2.75) is 76.7 Å². The molecule has 4 atom stereocenters. The van der Waals surface area contributed by atoms with Crippen LogP contribution in [-0.2, 0) is 44.6 Å². The Morgan fingerprint density at radius 2 is 0.757 bits per heavy atom. The van der Waals surface area contributed by atoms with Crippen molar-refractivity contribution in [2.24, 2.45) is 0 Å². The van der Waals surface area contributed by atoms with Crippen LogP contribution in [0.2, 0.25) is 15.1 Å². The first-order valence-corrected chi connectivity index (χ1v) is 39.8. The van der Waals surface area contributed by atoms with Crippen molar-refractivity contribution in [2.75, 3.05) is 72.0 Å². The fourth-order valence-electron chi connectivity index (χ4n) is 15.1. The van der Waals surface area contributed by atoms with E-state index in [0.717, 1.165) is 134 Å². The van der Waals surface area contributed by atoms with E-state index in [2.05, 4.69) is 57.9 Å². The first kappa shape index (κ1) is 79.5. The Morgan fingerprint density at radius 3 is 1.08 bits per heavy atom. The van der Waals surface area contributed by atoms with Gasteiger partial charge in [0.2, 0.25) is 0 Å². The van der Waals surface area contributed by atoms with Gasteiger partial charge in [0, 0.05) is 129 Å². The zero-order valence-electron chi connectivity index (χ0n) is 61.0. The van der Waals surface area contributed by atoms with Gasteiger partial charge in [0.25, 0.3) is 5.69 Å². The molecule has 8 aromatic carbocycles. The van der Waals surface area contributed by atoms with Gasteiger partial charge in [0.15, 0.2) is 0 Å². The van der Waals surface area contributed by atoms with E-state index in [9.17, 15) is 29.3 Å². The molecule has 4 amide bonds. The molecule has 28 heteroatoms. The summed E-state index contributed by atoms with van der Waals surface area (Å²) in [6, 6.07) is 52.2. The van der Waals surface area contributed by atoms with Crippen LogP contribution in [0.5, 0.6) is 11.5 Å². The second kappa shape index (κ2) is 35.4. The molecule has 4 aliphatic rings. The maximum Gasteiger partial charge on any atom is 0.410 e. The number of non-ortho nitro benzene ring substituents is 1. The molecule has 21 nitrogen and oxygen atoms in total. The van der Waals surface area contributed by atoms with E-state index >= 15 is 0 Å². The molecule has 4 N–H and O–H groups in total. The quantitative estimate of drug-likeness (QED) is 0.0365. The molecular formula is C83H78Br2Cl5N9O12. The number of rotatable bonds is 13. The maximum absolute atomic E-state index is 12.8. The SMILES string of the molecule is CCOC(=O)N1CCc2c([nH]c3ccc(Br)cc23)C1c1ccc([N+](=O)[O-])cc1.COc1ccc(C2c3[nH]c4ccc(Cl)cc4c3CCN2C(=O)OC(C)C)cc1.COc1ccc(C2c3[nH]c4ccc(Cl)cc4c3CCN2C(=O)OCCCl)cc1.O=C(OCCCl)N1CCc2c([nH]c3ccc(Cl)cc23)C1c1ccc(Br)cc1. The lowest BCUT2D eigenvalue weighted by Crippen LogP contribution is -2.41. The number of hydrogen-bond acceptors (Lipinski definition) is 12. The number of carbonyl (C=O) groups excluding carboxylic acids is 4. The van der Waals surface area contributed by atoms with Crippen molar-refractivity contribution in [1.29, 1.82) is 0 Å². The van der Waals surface area contributed by atoms with E-state index in [1.807, 2.05) is 153 Å². The zero-order chi connectivity index (χ0) is 78.3. The first-order valence-electron chi connectivity index (χ1n) is 36.0. The van der Waals surface area contributed by atoms with Crippen LogP contribution in [0.3, 0.4) is 0 Å². The number of methoxy groups -OCH3 is 2. The number of amides is 4. The summed E-state index contributed by atoms with van der Waals surface area (Å²) in [6.45, 7) is 8.35. The molecule has 111 heavy (non-hydrogen) atoms. The third-order valence-electron chi connectivity index (χ3n) is 20.0. The third kappa shape index (κ3) is 17.3. The van der Waals surface area contributed by atoms with Gasteiger partial charge in [0.1, 0.15) is 48.9 Å². The van der Waals surface area contributed by atoms with Gasteiger partial charge in [0.05, 0.1) is 43.6 Å². The summed E-state index contributed by atoms with van der Waals surface area (Å²) in [7, 11) is 3.27. The summed E-state index contributed by atoms with van der Waals surface area (Å²) < 4.78 is 34.0. The van der Waals surface area contributed by atoms with Gasteiger partial charge in [-0.1, -0.05) is 103 Å².